The Hall–Kier alpha value is -0.850. The van der Waals surface area contributed by atoms with E-state index in [9.17, 15) is 5.11 Å². The first kappa shape index (κ1) is 13.2. The minimum atomic E-state index is -1.33. The smallest absolute Gasteiger partial charge is 0.186 e. The van der Waals surface area contributed by atoms with Gasteiger partial charge in [0.2, 0.25) is 0 Å². The van der Waals surface area contributed by atoms with Gasteiger partial charge in [0.05, 0.1) is 12.1 Å². The molecule has 7 heteroatoms. The second-order valence-corrected chi connectivity index (χ2v) is 3.98. The van der Waals surface area contributed by atoms with Crippen LogP contribution in [0.1, 0.15) is 13.8 Å². The van der Waals surface area contributed by atoms with Crippen LogP contribution in [0.25, 0.3) is 10.4 Å². The lowest BCUT2D eigenvalue weighted by molar-refractivity contribution is -0.292. The first-order valence-corrected chi connectivity index (χ1v) is 4.96. The highest BCUT2D eigenvalue weighted by Crippen LogP contribution is 2.33. The molecule has 0 unspecified atom stereocenters. The maximum Gasteiger partial charge on any atom is 0.186 e. The molecule has 0 bridgehead atoms. The number of hydrogen-bond donors (Lipinski definition) is 1. The number of hydrogen-bond acceptors (Lipinski definition) is 5. The molecule has 1 aliphatic rings. The van der Waals surface area contributed by atoms with Crippen molar-refractivity contribution in [1.29, 1.82) is 0 Å². The molecule has 1 N–H and O–H groups in total. The summed E-state index contributed by atoms with van der Waals surface area (Å²) in [5.41, 5.74) is 7.14. The molecule has 1 rings (SSSR count). The molecule has 1 aliphatic heterocycles. The van der Waals surface area contributed by atoms with Gasteiger partial charge in [-0.05, 0) is 19.4 Å². The number of ether oxygens (including phenoxy) is 3. The Balaban J connectivity index is 3.03. The van der Waals surface area contributed by atoms with Crippen LogP contribution in [0, 0.1) is 0 Å². The van der Waals surface area contributed by atoms with E-state index < -0.39 is 30.1 Å². The fourth-order valence-corrected chi connectivity index (χ4v) is 2.07. The summed E-state index contributed by atoms with van der Waals surface area (Å²) >= 11 is 0. The molecule has 16 heavy (non-hydrogen) atoms. The van der Waals surface area contributed by atoms with E-state index in [1.54, 1.807) is 13.8 Å². The summed E-state index contributed by atoms with van der Waals surface area (Å²) in [6.07, 6.45) is -1.83. The molecule has 0 amide bonds. The third-order valence-corrected chi connectivity index (χ3v) is 2.88. The largest absolute Gasteiger partial charge is 0.387 e. The highest BCUT2D eigenvalue weighted by Gasteiger charge is 2.52. The summed E-state index contributed by atoms with van der Waals surface area (Å²) in [5.74, 6) is 0. The van der Waals surface area contributed by atoms with Crippen molar-refractivity contribution in [1.82, 2.24) is 0 Å². The van der Waals surface area contributed by atoms with Crippen LogP contribution in [0.15, 0.2) is 5.11 Å². The van der Waals surface area contributed by atoms with Crippen molar-refractivity contribution in [2.24, 2.45) is 5.11 Å². The van der Waals surface area contributed by atoms with Crippen LogP contribution in [-0.2, 0) is 14.2 Å². The lowest BCUT2D eigenvalue weighted by Crippen LogP contribution is -2.64. The van der Waals surface area contributed by atoms with E-state index in [0.29, 0.717) is 0 Å². The van der Waals surface area contributed by atoms with Crippen molar-refractivity contribution in [3.05, 3.63) is 10.4 Å². The van der Waals surface area contributed by atoms with Crippen LogP contribution >= 0.6 is 0 Å². The SMILES string of the molecule is CO[C@@H]1O[C@@H](C)[C@@H](N=[N+]=[N-])[C@@](C)(O)[C@H]1OC. The molecule has 0 saturated carbocycles. The number of azide groups is 1. The molecule has 1 fully saturated rings. The molecule has 7 nitrogen and oxygen atoms in total. The van der Waals surface area contributed by atoms with Crippen LogP contribution in [0.2, 0.25) is 0 Å². The van der Waals surface area contributed by atoms with Gasteiger partial charge in [0.1, 0.15) is 11.7 Å². The first-order valence-electron chi connectivity index (χ1n) is 4.96. The van der Waals surface area contributed by atoms with E-state index in [-0.39, 0.29) is 0 Å². The average molecular weight is 231 g/mol. The summed E-state index contributed by atoms with van der Waals surface area (Å²) < 4.78 is 15.7. The van der Waals surface area contributed by atoms with Gasteiger partial charge >= 0.3 is 0 Å². The van der Waals surface area contributed by atoms with Crippen molar-refractivity contribution in [3.63, 3.8) is 0 Å². The van der Waals surface area contributed by atoms with Crippen molar-refractivity contribution < 1.29 is 19.3 Å². The lowest BCUT2D eigenvalue weighted by atomic mass is 9.84. The van der Waals surface area contributed by atoms with Gasteiger partial charge in [-0.15, -0.1) is 0 Å². The molecule has 1 heterocycles. The highest BCUT2D eigenvalue weighted by atomic mass is 16.7. The highest BCUT2D eigenvalue weighted by molar-refractivity contribution is 5.02. The molecular formula is C9H17N3O4. The molecule has 1 saturated heterocycles. The first-order chi connectivity index (χ1) is 7.48. The van der Waals surface area contributed by atoms with Gasteiger partial charge in [-0.1, -0.05) is 5.11 Å². The maximum absolute atomic E-state index is 10.3. The van der Waals surface area contributed by atoms with Crippen molar-refractivity contribution in [2.45, 2.75) is 44.0 Å². The van der Waals surface area contributed by atoms with Gasteiger partial charge < -0.3 is 19.3 Å². The van der Waals surface area contributed by atoms with Gasteiger partial charge in [-0.2, -0.15) is 0 Å². The summed E-state index contributed by atoms with van der Waals surface area (Å²) in [5, 5.41) is 13.9. The van der Waals surface area contributed by atoms with Gasteiger partial charge in [0.15, 0.2) is 6.29 Å². The van der Waals surface area contributed by atoms with Crippen molar-refractivity contribution >= 4 is 0 Å². The number of aliphatic hydroxyl groups is 1. The Morgan fingerprint density at radius 3 is 2.50 bits per heavy atom. The van der Waals surface area contributed by atoms with Crippen molar-refractivity contribution in [3.8, 4) is 0 Å². The van der Waals surface area contributed by atoms with Crippen LogP contribution in [0.5, 0.6) is 0 Å². The zero-order valence-electron chi connectivity index (χ0n) is 9.82. The molecule has 92 valence electrons. The molecule has 0 aromatic heterocycles. The Kier molecular flexibility index (Phi) is 4.12. The third-order valence-electron chi connectivity index (χ3n) is 2.88. The Labute approximate surface area is 93.9 Å². The van der Waals surface area contributed by atoms with Crippen molar-refractivity contribution in [2.75, 3.05) is 14.2 Å². The summed E-state index contributed by atoms with van der Waals surface area (Å²) in [4.78, 5) is 2.71. The van der Waals surface area contributed by atoms with Crippen LogP contribution in [-0.4, -0.2) is 49.5 Å². The molecule has 5 atom stereocenters. The fourth-order valence-electron chi connectivity index (χ4n) is 2.07. The zero-order valence-corrected chi connectivity index (χ0v) is 9.82. The van der Waals surface area contributed by atoms with E-state index >= 15 is 0 Å². The maximum atomic E-state index is 10.3. The lowest BCUT2D eigenvalue weighted by Gasteiger charge is -2.47. The van der Waals surface area contributed by atoms with E-state index in [1.165, 1.54) is 14.2 Å². The van der Waals surface area contributed by atoms with Crippen LogP contribution < -0.4 is 0 Å². The monoisotopic (exact) mass is 231 g/mol. The summed E-state index contributed by atoms with van der Waals surface area (Å²) in [6.45, 7) is 3.26. The predicted molar refractivity (Wildman–Crippen MR) is 55.7 cm³/mol. The Morgan fingerprint density at radius 1 is 1.44 bits per heavy atom. The summed E-state index contributed by atoms with van der Waals surface area (Å²) in [6, 6.07) is -0.714. The van der Waals surface area contributed by atoms with E-state index in [1.807, 2.05) is 0 Å². The predicted octanol–water partition coefficient (Wildman–Crippen LogP) is 0.823. The molecule has 0 spiro atoms. The zero-order chi connectivity index (χ0) is 12.3. The van der Waals surface area contributed by atoms with E-state index in [0.717, 1.165) is 0 Å². The summed E-state index contributed by atoms with van der Waals surface area (Å²) in [7, 11) is 2.91. The second-order valence-electron chi connectivity index (χ2n) is 3.98. The normalized spacial score (nSPS) is 43.8. The third kappa shape index (κ3) is 2.14. The molecule has 0 radical (unpaired) electrons. The number of methoxy groups -OCH3 is 2. The molecule has 0 aromatic carbocycles. The van der Waals surface area contributed by atoms with Gasteiger partial charge in [-0.25, -0.2) is 0 Å². The quantitative estimate of drug-likeness (QED) is 0.441. The Bertz CT molecular complexity index is 290. The van der Waals surface area contributed by atoms with Gasteiger partial charge in [0, 0.05) is 19.1 Å². The van der Waals surface area contributed by atoms with E-state index in [2.05, 4.69) is 10.0 Å². The minimum absolute atomic E-state index is 0.442. The topological polar surface area (TPSA) is 96.7 Å². The molecular weight excluding hydrogens is 214 g/mol. The van der Waals surface area contributed by atoms with E-state index in [4.69, 9.17) is 19.7 Å². The number of rotatable bonds is 3. The Morgan fingerprint density at radius 2 is 2.06 bits per heavy atom. The van der Waals surface area contributed by atoms with Crippen LogP contribution in [0.3, 0.4) is 0 Å². The molecule has 0 aromatic rings. The minimum Gasteiger partial charge on any atom is -0.387 e. The van der Waals surface area contributed by atoms with Gasteiger partial charge in [-0.3, -0.25) is 0 Å². The molecule has 0 aliphatic carbocycles. The average Bonchev–Trinajstić information content (AvgIpc) is 2.23. The van der Waals surface area contributed by atoms with Gasteiger partial charge in [0.25, 0.3) is 0 Å². The standard InChI is InChI=1S/C9H17N3O4/c1-5-6(11-12-10)9(2,13)7(14-3)8(15-4)16-5/h5-8,13H,1-4H3/t5-,6+,7-,8+,9+/m0/s1. The number of nitrogens with zero attached hydrogens (tertiary/aromatic N) is 3. The fraction of sp³-hybridized carbons (Fsp3) is 1.00. The second kappa shape index (κ2) is 4.99. The van der Waals surface area contributed by atoms with Crippen LogP contribution in [0.4, 0.5) is 0 Å².